The van der Waals surface area contributed by atoms with Crippen molar-refractivity contribution in [2.75, 3.05) is 37.7 Å². The first kappa shape index (κ1) is 20.1. The van der Waals surface area contributed by atoms with E-state index in [2.05, 4.69) is 44.8 Å². The molecule has 0 amide bonds. The van der Waals surface area contributed by atoms with E-state index in [4.69, 9.17) is 4.74 Å². The molecule has 0 unspecified atom stereocenters. The molecule has 0 saturated carbocycles. The Hall–Kier alpha value is -2.60. The molecule has 0 radical (unpaired) electrons. The number of anilines is 1. The Morgan fingerprint density at radius 2 is 1.79 bits per heavy atom. The van der Waals surface area contributed by atoms with Crippen molar-refractivity contribution in [3.05, 3.63) is 65.0 Å². The highest BCUT2D eigenvalue weighted by molar-refractivity contribution is 5.79. The molecule has 0 spiro atoms. The number of morpholine rings is 1. The fourth-order valence-corrected chi connectivity index (χ4v) is 3.08. The van der Waals surface area contributed by atoms with Crippen LogP contribution in [0.2, 0.25) is 0 Å². The molecule has 2 aromatic carbocycles. The Morgan fingerprint density at radius 1 is 1.07 bits per heavy atom. The van der Waals surface area contributed by atoms with E-state index in [0.717, 1.165) is 44.4 Å². The zero-order chi connectivity index (χ0) is 19.8. The van der Waals surface area contributed by atoms with E-state index in [1.165, 1.54) is 11.3 Å². The molecular weight excluding hydrogens is 355 g/mol. The maximum absolute atomic E-state index is 13.7. The summed E-state index contributed by atoms with van der Waals surface area (Å²) in [6.45, 7) is 9.12. The maximum Gasteiger partial charge on any atom is 0.191 e. The highest BCUT2D eigenvalue weighted by atomic mass is 19.1. The zero-order valence-corrected chi connectivity index (χ0v) is 16.7. The highest BCUT2D eigenvalue weighted by Crippen LogP contribution is 2.16. The lowest BCUT2D eigenvalue weighted by Crippen LogP contribution is -2.37. The van der Waals surface area contributed by atoms with Gasteiger partial charge >= 0.3 is 0 Å². The lowest BCUT2D eigenvalue weighted by atomic mass is 10.1. The molecule has 1 saturated heterocycles. The molecule has 0 aromatic heterocycles. The first-order chi connectivity index (χ1) is 13.7. The van der Waals surface area contributed by atoms with Gasteiger partial charge in [0.2, 0.25) is 0 Å². The predicted octanol–water partition coefficient (Wildman–Crippen LogP) is 3.23. The normalized spacial score (nSPS) is 14.8. The quantitative estimate of drug-likeness (QED) is 0.593. The maximum atomic E-state index is 13.7. The van der Waals surface area contributed by atoms with Crippen molar-refractivity contribution in [1.29, 1.82) is 0 Å². The van der Waals surface area contributed by atoms with Crippen LogP contribution in [0.1, 0.15) is 23.6 Å². The molecule has 1 aliphatic heterocycles. The minimum Gasteiger partial charge on any atom is -0.378 e. The van der Waals surface area contributed by atoms with Gasteiger partial charge in [0, 0.05) is 31.9 Å². The van der Waals surface area contributed by atoms with Gasteiger partial charge in [0.25, 0.3) is 0 Å². The van der Waals surface area contributed by atoms with Gasteiger partial charge in [-0.2, -0.15) is 0 Å². The third kappa shape index (κ3) is 5.70. The summed E-state index contributed by atoms with van der Waals surface area (Å²) in [5.41, 5.74) is 3.92. The Labute approximate surface area is 166 Å². The van der Waals surface area contributed by atoms with Crippen LogP contribution >= 0.6 is 0 Å². The number of nitrogens with zero attached hydrogens (tertiary/aromatic N) is 2. The second kappa shape index (κ2) is 10.1. The molecule has 1 aliphatic rings. The molecule has 6 heteroatoms. The summed E-state index contributed by atoms with van der Waals surface area (Å²) < 4.78 is 19.1. The van der Waals surface area contributed by atoms with E-state index in [1.54, 1.807) is 19.1 Å². The van der Waals surface area contributed by atoms with Gasteiger partial charge in [0.1, 0.15) is 5.82 Å². The van der Waals surface area contributed by atoms with Crippen molar-refractivity contribution in [2.45, 2.75) is 26.9 Å². The van der Waals surface area contributed by atoms with Crippen molar-refractivity contribution in [3.8, 4) is 0 Å². The van der Waals surface area contributed by atoms with E-state index in [-0.39, 0.29) is 5.82 Å². The van der Waals surface area contributed by atoms with Crippen molar-refractivity contribution < 1.29 is 9.13 Å². The van der Waals surface area contributed by atoms with E-state index < -0.39 is 0 Å². The monoisotopic (exact) mass is 384 g/mol. The largest absolute Gasteiger partial charge is 0.378 e. The molecule has 5 nitrogen and oxygen atoms in total. The molecule has 2 N–H and O–H groups in total. The summed E-state index contributed by atoms with van der Waals surface area (Å²) in [5.74, 6) is 0.534. The van der Waals surface area contributed by atoms with Crippen LogP contribution in [-0.4, -0.2) is 38.8 Å². The number of hydrogen-bond donors (Lipinski definition) is 2. The van der Waals surface area contributed by atoms with Crippen LogP contribution in [0.25, 0.3) is 0 Å². The number of nitrogens with one attached hydrogen (secondary N) is 2. The minimum absolute atomic E-state index is 0.189. The second-order valence-corrected chi connectivity index (χ2v) is 6.90. The number of benzene rings is 2. The summed E-state index contributed by atoms with van der Waals surface area (Å²) >= 11 is 0. The fourth-order valence-electron chi connectivity index (χ4n) is 3.08. The summed E-state index contributed by atoms with van der Waals surface area (Å²) in [4.78, 5) is 6.91. The average Bonchev–Trinajstić information content (AvgIpc) is 2.73. The minimum atomic E-state index is -0.189. The van der Waals surface area contributed by atoms with Gasteiger partial charge in [0.05, 0.1) is 19.8 Å². The number of aryl methyl sites for hydroxylation is 1. The first-order valence-corrected chi connectivity index (χ1v) is 9.84. The van der Waals surface area contributed by atoms with Crippen molar-refractivity contribution in [3.63, 3.8) is 0 Å². The molecule has 150 valence electrons. The molecule has 0 aliphatic carbocycles. The van der Waals surface area contributed by atoms with Crippen molar-refractivity contribution >= 4 is 11.6 Å². The van der Waals surface area contributed by atoms with Crippen LogP contribution in [0.15, 0.2) is 47.5 Å². The number of hydrogen-bond acceptors (Lipinski definition) is 3. The van der Waals surface area contributed by atoms with E-state index >= 15 is 0 Å². The van der Waals surface area contributed by atoms with Gasteiger partial charge in [-0.3, -0.25) is 0 Å². The molecular formula is C22H29FN4O. The number of guanidine groups is 1. The lowest BCUT2D eigenvalue weighted by molar-refractivity contribution is 0.122. The number of rotatable bonds is 6. The molecule has 0 atom stereocenters. The second-order valence-electron chi connectivity index (χ2n) is 6.90. The third-order valence-electron chi connectivity index (χ3n) is 4.77. The van der Waals surface area contributed by atoms with Gasteiger partial charge < -0.3 is 20.3 Å². The predicted molar refractivity (Wildman–Crippen MR) is 112 cm³/mol. The third-order valence-corrected chi connectivity index (χ3v) is 4.77. The Balaban J connectivity index is 1.57. The number of halogens is 1. The first-order valence-electron chi connectivity index (χ1n) is 9.84. The standard InChI is InChI=1S/C22H29FN4O/c1-3-24-22(26-16-19-5-4-17(2)21(23)14-19)25-15-18-6-8-20(9-7-18)27-10-12-28-13-11-27/h4-9,14H,3,10-13,15-16H2,1-2H3,(H2,24,25,26). The van der Waals surface area contributed by atoms with Gasteiger partial charge in [-0.15, -0.1) is 0 Å². The Kier molecular flexibility index (Phi) is 7.25. The van der Waals surface area contributed by atoms with E-state index in [9.17, 15) is 4.39 Å². The van der Waals surface area contributed by atoms with E-state index in [1.807, 2.05) is 13.0 Å². The SMILES string of the molecule is CCNC(=NCc1ccc(C)c(F)c1)NCc1ccc(N2CCOCC2)cc1. The highest BCUT2D eigenvalue weighted by Gasteiger charge is 2.10. The summed E-state index contributed by atoms with van der Waals surface area (Å²) in [6, 6.07) is 13.8. The van der Waals surface area contributed by atoms with Crippen LogP contribution in [0, 0.1) is 12.7 Å². The van der Waals surface area contributed by atoms with Crippen LogP contribution in [0.3, 0.4) is 0 Å². The topological polar surface area (TPSA) is 48.9 Å². The summed E-state index contributed by atoms with van der Waals surface area (Å²) in [6.07, 6.45) is 0. The average molecular weight is 384 g/mol. The zero-order valence-electron chi connectivity index (χ0n) is 16.7. The van der Waals surface area contributed by atoms with Crippen molar-refractivity contribution in [1.82, 2.24) is 10.6 Å². The van der Waals surface area contributed by atoms with Crippen LogP contribution in [-0.2, 0) is 17.8 Å². The molecule has 1 heterocycles. The lowest BCUT2D eigenvalue weighted by Gasteiger charge is -2.28. The van der Waals surface area contributed by atoms with E-state index in [0.29, 0.717) is 18.7 Å². The number of aliphatic imine (C=N–C) groups is 1. The smallest absolute Gasteiger partial charge is 0.191 e. The Bertz CT molecular complexity index is 786. The van der Waals surface area contributed by atoms with Gasteiger partial charge in [0.15, 0.2) is 5.96 Å². The molecule has 28 heavy (non-hydrogen) atoms. The van der Waals surface area contributed by atoms with Crippen LogP contribution in [0.4, 0.5) is 10.1 Å². The molecule has 3 rings (SSSR count). The molecule has 1 fully saturated rings. The number of ether oxygens (including phenoxy) is 1. The molecule has 0 bridgehead atoms. The van der Waals surface area contributed by atoms with Gasteiger partial charge in [-0.25, -0.2) is 9.38 Å². The van der Waals surface area contributed by atoms with Gasteiger partial charge in [-0.05, 0) is 48.7 Å². The van der Waals surface area contributed by atoms with Crippen LogP contribution in [0.5, 0.6) is 0 Å². The fraction of sp³-hybridized carbons (Fsp3) is 0.409. The Morgan fingerprint density at radius 3 is 2.46 bits per heavy atom. The van der Waals surface area contributed by atoms with Crippen LogP contribution < -0.4 is 15.5 Å². The van der Waals surface area contributed by atoms with Crippen molar-refractivity contribution in [2.24, 2.45) is 4.99 Å². The summed E-state index contributed by atoms with van der Waals surface area (Å²) in [5, 5.41) is 6.58. The van der Waals surface area contributed by atoms with Gasteiger partial charge in [-0.1, -0.05) is 24.3 Å². The molecule has 2 aromatic rings. The summed E-state index contributed by atoms with van der Waals surface area (Å²) in [7, 11) is 0.